The number of carbonyl (C=O) groups excluding carboxylic acids is 2. The Bertz CT molecular complexity index is 791. The molecule has 47 heavy (non-hydrogen) atoms. The van der Waals surface area contributed by atoms with Gasteiger partial charge < -0.3 is 14.0 Å². The first-order valence-corrected chi connectivity index (χ1v) is 21.1. The molecule has 0 amide bonds. The SMILES string of the molecule is CCCCCCCCCCCCCCCCCOC(=O)CC(C(=O)OCCCCCCCCCCCCCCCCC)S(=O)(=O)[O-].[Na+]. The quantitative estimate of drug-likeness (QED) is 0.0282. The monoisotopic (exact) mass is 696 g/mol. The molecule has 0 saturated heterocycles. The van der Waals surface area contributed by atoms with Gasteiger partial charge in [-0.2, -0.15) is 0 Å². The molecule has 9 heteroatoms. The van der Waals surface area contributed by atoms with Crippen LogP contribution in [0.2, 0.25) is 0 Å². The van der Waals surface area contributed by atoms with Crippen LogP contribution >= 0.6 is 0 Å². The molecule has 0 saturated carbocycles. The van der Waals surface area contributed by atoms with E-state index in [1.807, 2.05) is 0 Å². The zero-order chi connectivity index (χ0) is 34.0. The number of carbonyl (C=O) groups is 2. The number of hydrogen-bond donors (Lipinski definition) is 0. The van der Waals surface area contributed by atoms with Crippen molar-refractivity contribution < 1.29 is 61.6 Å². The maximum absolute atomic E-state index is 12.3. The number of ether oxygens (including phenoxy) is 2. The Morgan fingerprint density at radius 3 is 1.00 bits per heavy atom. The van der Waals surface area contributed by atoms with Gasteiger partial charge >= 0.3 is 41.5 Å². The Balaban J connectivity index is 0. The zero-order valence-electron chi connectivity index (χ0n) is 31.2. The van der Waals surface area contributed by atoms with Crippen molar-refractivity contribution in [3.63, 3.8) is 0 Å². The Hall–Kier alpha value is -0.150. The van der Waals surface area contributed by atoms with E-state index in [1.165, 1.54) is 141 Å². The zero-order valence-corrected chi connectivity index (χ0v) is 34.0. The number of esters is 2. The summed E-state index contributed by atoms with van der Waals surface area (Å²) in [5.41, 5.74) is 0. The summed E-state index contributed by atoms with van der Waals surface area (Å²) < 4.78 is 45.1. The van der Waals surface area contributed by atoms with Crippen molar-refractivity contribution in [2.75, 3.05) is 13.2 Å². The molecule has 0 heterocycles. The fourth-order valence-corrected chi connectivity index (χ4v) is 6.56. The molecule has 0 fully saturated rings. The summed E-state index contributed by atoms with van der Waals surface area (Å²) in [4.78, 5) is 24.4. The maximum atomic E-state index is 12.3. The molecule has 7 nitrogen and oxygen atoms in total. The standard InChI is InChI=1S/C38H74O7S.Na/c1-3-5-7-9-11-13-15-17-19-21-23-25-27-29-31-33-44-37(39)35-36(46(41,42)43)38(40)45-34-32-30-28-26-24-22-20-18-16-14-12-10-8-6-4-2;/h36H,3-35H2,1-2H3,(H,41,42,43);/q;+1/p-1. The predicted molar refractivity (Wildman–Crippen MR) is 190 cm³/mol. The summed E-state index contributed by atoms with van der Waals surface area (Å²) in [5.74, 6) is -2.00. The molecule has 0 aromatic carbocycles. The van der Waals surface area contributed by atoms with Gasteiger partial charge in [0.1, 0.15) is 10.1 Å². The molecule has 1 atom stereocenters. The maximum Gasteiger partial charge on any atom is 1.00 e. The van der Waals surface area contributed by atoms with Crippen LogP contribution in [0.5, 0.6) is 0 Å². The summed E-state index contributed by atoms with van der Waals surface area (Å²) in [6.45, 7) is 4.72. The van der Waals surface area contributed by atoms with E-state index in [1.54, 1.807) is 0 Å². The first-order valence-electron chi connectivity index (χ1n) is 19.6. The minimum absolute atomic E-state index is 0. The third kappa shape index (κ3) is 35.5. The van der Waals surface area contributed by atoms with Crippen LogP contribution in [0.1, 0.15) is 213 Å². The number of unbranched alkanes of at least 4 members (excludes halogenated alkanes) is 28. The van der Waals surface area contributed by atoms with Crippen LogP contribution in [0, 0.1) is 0 Å². The van der Waals surface area contributed by atoms with Crippen LogP contribution in [-0.4, -0.2) is 43.4 Å². The molecule has 0 N–H and O–H groups in total. The smallest absolute Gasteiger partial charge is 0.747 e. The van der Waals surface area contributed by atoms with E-state index < -0.39 is 33.7 Å². The molecule has 0 aromatic rings. The summed E-state index contributed by atoms with van der Waals surface area (Å²) >= 11 is 0. The van der Waals surface area contributed by atoms with Crippen molar-refractivity contribution >= 4 is 22.1 Å². The Kier molecular flexibility index (Phi) is 38.7. The number of hydrogen-bond acceptors (Lipinski definition) is 7. The molecule has 0 aliphatic heterocycles. The first-order chi connectivity index (χ1) is 22.3. The fraction of sp³-hybridized carbons (Fsp3) is 0.947. The van der Waals surface area contributed by atoms with E-state index in [4.69, 9.17) is 9.47 Å². The van der Waals surface area contributed by atoms with Crippen LogP contribution in [0.25, 0.3) is 0 Å². The minimum atomic E-state index is -5.02. The second-order valence-corrected chi connectivity index (χ2v) is 15.0. The minimum Gasteiger partial charge on any atom is -0.747 e. The first kappa shape index (κ1) is 49.0. The van der Waals surface area contributed by atoms with Gasteiger partial charge in [0, 0.05) is 0 Å². The Labute approximate surface area is 313 Å². The molecule has 0 spiro atoms. The van der Waals surface area contributed by atoms with Crippen molar-refractivity contribution in [2.45, 2.75) is 218 Å². The molecule has 0 radical (unpaired) electrons. The van der Waals surface area contributed by atoms with Gasteiger partial charge in [0.25, 0.3) is 0 Å². The molecule has 1 unspecified atom stereocenters. The Morgan fingerprint density at radius 2 is 0.723 bits per heavy atom. The summed E-state index contributed by atoms with van der Waals surface area (Å²) in [5, 5.41) is -2.04. The molecule has 274 valence electrons. The fourth-order valence-electron chi connectivity index (χ4n) is 5.91. The second-order valence-electron chi connectivity index (χ2n) is 13.5. The van der Waals surface area contributed by atoms with Crippen LogP contribution in [0.4, 0.5) is 0 Å². The molecular weight excluding hydrogens is 623 g/mol. The summed E-state index contributed by atoms with van der Waals surface area (Å²) in [7, 11) is -5.02. The van der Waals surface area contributed by atoms with E-state index in [-0.39, 0.29) is 42.8 Å². The molecule has 0 aromatic heterocycles. The average Bonchev–Trinajstić information content (AvgIpc) is 3.02. The average molecular weight is 697 g/mol. The van der Waals surface area contributed by atoms with Gasteiger partial charge in [-0.15, -0.1) is 0 Å². The van der Waals surface area contributed by atoms with E-state index in [0.717, 1.165) is 38.5 Å². The van der Waals surface area contributed by atoms with E-state index in [0.29, 0.717) is 12.8 Å². The molecule has 0 aliphatic rings. The van der Waals surface area contributed by atoms with Gasteiger partial charge in [-0.25, -0.2) is 8.42 Å². The van der Waals surface area contributed by atoms with Gasteiger partial charge in [0.2, 0.25) is 0 Å². The summed E-state index contributed by atoms with van der Waals surface area (Å²) in [6.07, 6.45) is 35.9. The predicted octanol–water partition coefficient (Wildman–Crippen LogP) is 8.12. The largest absolute Gasteiger partial charge is 1.00 e. The third-order valence-electron chi connectivity index (χ3n) is 8.97. The normalized spacial score (nSPS) is 12.1. The molecular formula is C38H73NaO7S. The van der Waals surface area contributed by atoms with Gasteiger partial charge in [0.15, 0.2) is 5.25 Å². The van der Waals surface area contributed by atoms with Crippen molar-refractivity contribution in [3.05, 3.63) is 0 Å². The van der Waals surface area contributed by atoms with E-state index in [2.05, 4.69) is 13.8 Å². The van der Waals surface area contributed by atoms with E-state index >= 15 is 0 Å². The molecule has 0 bridgehead atoms. The van der Waals surface area contributed by atoms with Crippen molar-refractivity contribution in [1.82, 2.24) is 0 Å². The Morgan fingerprint density at radius 1 is 0.468 bits per heavy atom. The van der Waals surface area contributed by atoms with Crippen molar-refractivity contribution in [2.24, 2.45) is 0 Å². The third-order valence-corrected chi connectivity index (χ3v) is 10.0. The van der Waals surface area contributed by atoms with E-state index in [9.17, 15) is 22.6 Å². The second kappa shape index (κ2) is 37.1. The van der Waals surface area contributed by atoms with Gasteiger partial charge in [-0.05, 0) is 12.8 Å². The van der Waals surface area contributed by atoms with Crippen LogP contribution in [0.3, 0.4) is 0 Å². The molecule has 0 aliphatic carbocycles. The topological polar surface area (TPSA) is 110 Å². The molecule has 0 rings (SSSR count). The van der Waals surface area contributed by atoms with Crippen molar-refractivity contribution in [1.29, 1.82) is 0 Å². The summed E-state index contributed by atoms with van der Waals surface area (Å²) in [6, 6.07) is 0. The van der Waals surface area contributed by atoms with Crippen molar-refractivity contribution in [3.8, 4) is 0 Å². The van der Waals surface area contributed by atoms with Gasteiger partial charge in [0.05, 0.1) is 19.6 Å². The van der Waals surface area contributed by atoms with Gasteiger partial charge in [-0.3, -0.25) is 9.59 Å². The van der Waals surface area contributed by atoms with Crippen LogP contribution in [-0.2, 0) is 29.2 Å². The van der Waals surface area contributed by atoms with Crippen LogP contribution < -0.4 is 29.6 Å². The van der Waals surface area contributed by atoms with Gasteiger partial charge in [-0.1, -0.05) is 194 Å². The van der Waals surface area contributed by atoms with Crippen LogP contribution in [0.15, 0.2) is 0 Å². The number of rotatable bonds is 36.